The lowest BCUT2D eigenvalue weighted by molar-refractivity contribution is 0.628. The fourth-order valence-corrected chi connectivity index (χ4v) is 1.72. The van der Waals surface area contributed by atoms with Gasteiger partial charge in [-0.2, -0.15) is 0 Å². The molecule has 2 rings (SSSR count). The number of nitrogen functional groups attached to an aromatic ring is 1. The van der Waals surface area contributed by atoms with E-state index in [9.17, 15) is 4.39 Å². The van der Waals surface area contributed by atoms with Crippen molar-refractivity contribution in [3.05, 3.63) is 46.9 Å². The molecule has 1 heterocycles. The molecule has 0 amide bonds. The first-order valence-corrected chi connectivity index (χ1v) is 5.13. The molecule has 0 fully saturated rings. The average Bonchev–Trinajstić information content (AvgIpc) is 2.22. The quantitative estimate of drug-likeness (QED) is 0.824. The summed E-state index contributed by atoms with van der Waals surface area (Å²) in [6.45, 7) is 1.90. The van der Waals surface area contributed by atoms with E-state index in [1.807, 2.05) is 13.0 Å². The van der Waals surface area contributed by atoms with Crippen LogP contribution >= 0.6 is 11.6 Å². The molecule has 0 atom stereocenters. The largest absolute Gasteiger partial charge is 0.397 e. The van der Waals surface area contributed by atoms with Crippen LogP contribution < -0.4 is 5.73 Å². The van der Waals surface area contributed by atoms with Gasteiger partial charge in [0.25, 0.3) is 0 Å². The average molecular weight is 237 g/mol. The standard InChI is InChI=1S/C12H10ClFN2/c1-7-4-9(15)6-16-12(7)8-2-3-11(14)10(13)5-8/h2-6H,15H2,1H3. The number of nitrogens with zero attached hydrogens (tertiary/aromatic N) is 1. The predicted octanol–water partition coefficient (Wildman–Crippen LogP) is 3.43. The van der Waals surface area contributed by atoms with Crippen LogP contribution in [0.4, 0.5) is 10.1 Å². The fraction of sp³-hybridized carbons (Fsp3) is 0.0833. The van der Waals surface area contributed by atoms with E-state index in [2.05, 4.69) is 4.98 Å². The number of aromatic nitrogens is 1. The number of halogens is 2. The van der Waals surface area contributed by atoms with E-state index in [1.165, 1.54) is 6.07 Å². The molecule has 0 radical (unpaired) electrons. The molecule has 0 saturated carbocycles. The van der Waals surface area contributed by atoms with Crippen LogP contribution in [-0.4, -0.2) is 4.98 Å². The summed E-state index contributed by atoms with van der Waals surface area (Å²) in [6, 6.07) is 6.35. The maximum atomic E-state index is 13.0. The second kappa shape index (κ2) is 4.10. The zero-order valence-corrected chi connectivity index (χ0v) is 9.42. The number of aryl methyl sites for hydroxylation is 1. The summed E-state index contributed by atoms with van der Waals surface area (Å²) in [5, 5.41) is 0.0931. The molecule has 0 aliphatic rings. The lowest BCUT2D eigenvalue weighted by atomic mass is 10.1. The summed E-state index contributed by atoms with van der Waals surface area (Å²) in [5.74, 6) is -0.432. The topological polar surface area (TPSA) is 38.9 Å². The van der Waals surface area contributed by atoms with Gasteiger partial charge >= 0.3 is 0 Å². The highest BCUT2D eigenvalue weighted by atomic mass is 35.5. The molecule has 0 saturated heterocycles. The number of hydrogen-bond acceptors (Lipinski definition) is 2. The Kier molecular flexibility index (Phi) is 2.79. The van der Waals surface area contributed by atoms with Gasteiger partial charge in [-0.15, -0.1) is 0 Å². The maximum absolute atomic E-state index is 13.0. The summed E-state index contributed by atoms with van der Waals surface area (Å²) < 4.78 is 13.0. The molecule has 4 heteroatoms. The van der Waals surface area contributed by atoms with Crippen molar-refractivity contribution in [1.82, 2.24) is 4.98 Å². The number of hydrogen-bond donors (Lipinski definition) is 1. The van der Waals surface area contributed by atoms with Crippen molar-refractivity contribution in [2.24, 2.45) is 0 Å². The Hall–Kier alpha value is -1.61. The first kappa shape index (κ1) is 10.9. The maximum Gasteiger partial charge on any atom is 0.141 e. The number of benzene rings is 1. The molecule has 2 aromatic rings. The zero-order chi connectivity index (χ0) is 11.7. The van der Waals surface area contributed by atoms with Gasteiger partial charge in [0.1, 0.15) is 5.82 Å². The summed E-state index contributed by atoms with van der Waals surface area (Å²) in [6.07, 6.45) is 1.57. The van der Waals surface area contributed by atoms with Crippen molar-refractivity contribution in [2.75, 3.05) is 5.73 Å². The molecule has 0 bridgehead atoms. The predicted molar refractivity (Wildman–Crippen MR) is 63.8 cm³/mol. The molecule has 82 valence electrons. The van der Waals surface area contributed by atoms with Gasteiger partial charge in [-0.05, 0) is 36.8 Å². The van der Waals surface area contributed by atoms with Crippen LogP contribution in [-0.2, 0) is 0 Å². The Morgan fingerprint density at radius 1 is 1.31 bits per heavy atom. The fourth-order valence-electron chi connectivity index (χ4n) is 1.54. The van der Waals surface area contributed by atoms with E-state index in [4.69, 9.17) is 17.3 Å². The van der Waals surface area contributed by atoms with E-state index < -0.39 is 5.82 Å². The third-order valence-electron chi connectivity index (χ3n) is 2.29. The molecule has 0 spiro atoms. The number of rotatable bonds is 1. The van der Waals surface area contributed by atoms with Gasteiger partial charge in [0.05, 0.1) is 22.6 Å². The van der Waals surface area contributed by atoms with E-state index in [1.54, 1.807) is 18.3 Å². The summed E-state index contributed by atoms with van der Waals surface area (Å²) in [5.41, 5.74) is 8.69. The third kappa shape index (κ3) is 1.99. The van der Waals surface area contributed by atoms with E-state index >= 15 is 0 Å². The first-order valence-electron chi connectivity index (χ1n) is 4.75. The molecule has 16 heavy (non-hydrogen) atoms. The lowest BCUT2D eigenvalue weighted by Crippen LogP contribution is -1.93. The smallest absolute Gasteiger partial charge is 0.141 e. The van der Waals surface area contributed by atoms with Gasteiger partial charge < -0.3 is 5.73 Å². The van der Waals surface area contributed by atoms with Gasteiger partial charge in [0.15, 0.2) is 0 Å². The molecule has 1 aromatic heterocycles. The minimum atomic E-state index is -0.432. The Labute approximate surface area is 97.9 Å². The van der Waals surface area contributed by atoms with Crippen molar-refractivity contribution in [3.63, 3.8) is 0 Å². The minimum Gasteiger partial charge on any atom is -0.397 e. The van der Waals surface area contributed by atoms with Crippen LogP contribution in [0.1, 0.15) is 5.56 Å². The van der Waals surface area contributed by atoms with Crippen molar-refractivity contribution in [3.8, 4) is 11.3 Å². The second-order valence-electron chi connectivity index (χ2n) is 3.56. The highest BCUT2D eigenvalue weighted by molar-refractivity contribution is 6.31. The summed E-state index contributed by atoms with van der Waals surface area (Å²) in [7, 11) is 0. The molecule has 1 aromatic carbocycles. The van der Waals surface area contributed by atoms with Gasteiger partial charge in [-0.25, -0.2) is 4.39 Å². The zero-order valence-electron chi connectivity index (χ0n) is 8.67. The van der Waals surface area contributed by atoms with Gasteiger partial charge in [0, 0.05) is 5.56 Å². The molecule has 2 nitrogen and oxygen atoms in total. The van der Waals surface area contributed by atoms with Crippen molar-refractivity contribution >= 4 is 17.3 Å². The molecule has 0 aliphatic heterocycles. The van der Waals surface area contributed by atoms with E-state index in [-0.39, 0.29) is 5.02 Å². The highest BCUT2D eigenvalue weighted by Crippen LogP contribution is 2.26. The number of anilines is 1. The Morgan fingerprint density at radius 2 is 2.06 bits per heavy atom. The second-order valence-corrected chi connectivity index (χ2v) is 3.97. The van der Waals surface area contributed by atoms with Crippen LogP contribution in [0.25, 0.3) is 11.3 Å². The van der Waals surface area contributed by atoms with E-state index in [0.717, 1.165) is 16.8 Å². The Morgan fingerprint density at radius 3 is 2.69 bits per heavy atom. The van der Waals surface area contributed by atoms with Crippen LogP contribution in [0.2, 0.25) is 5.02 Å². The summed E-state index contributed by atoms with van der Waals surface area (Å²) >= 11 is 5.72. The Balaban J connectivity index is 2.54. The van der Waals surface area contributed by atoms with Crippen LogP contribution in [0.5, 0.6) is 0 Å². The molecule has 2 N–H and O–H groups in total. The number of nitrogens with two attached hydrogens (primary N) is 1. The normalized spacial score (nSPS) is 10.4. The van der Waals surface area contributed by atoms with Gasteiger partial charge in [-0.1, -0.05) is 11.6 Å². The highest BCUT2D eigenvalue weighted by Gasteiger charge is 2.06. The first-order chi connectivity index (χ1) is 7.58. The molecule has 0 aliphatic carbocycles. The molecular formula is C12H10ClFN2. The SMILES string of the molecule is Cc1cc(N)cnc1-c1ccc(F)c(Cl)c1. The van der Waals surface area contributed by atoms with E-state index in [0.29, 0.717) is 5.69 Å². The van der Waals surface area contributed by atoms with Gasteiger partial charge in [-0.3, -0.25) is 4.98 Å². The van der Waals surface area contributed by atoms with Crippen LogP contribution in [0, 0.1) is 12.7 Å². The minimum absolute atomic E-state index is 0.0931. The van der Waals surface area contributed by atoms with Crippen molar-refractivity contribution in [2.45, 2.75) is 6.92 Å². The number of pyridine rings is 1. The Bertz CT molecular complexity index is 541. The van der Waals surface area contributed by atoms with Gasteiger partial charge in [0.2, 0.25) is 0 Å². The molecule has 0 unspecified atom stereocenters. The third-order valence-corrected chi connectivity index (χ3v) is 2.58. The van der Waals surface area contributed by atoms with Crippen LogP contribution in [0.3, 0.4) is 0 Å². The van der Waals surface area contributed by atoms with Crippen molar-refractivity contribution < 1.29 is 4.39 Å². The monoisotopic (exact) mass is 236 g/mol. The van der Waals surface area contributed by atoms with Crippen LogP contribution in [0.15, 0.2) is 30.5 Å². The lowest BCUT2D eigenvalue weighted by Gasteiger charge is -2.06. The molecular weight excluding hydrogens is 227 g/mol. The van der Waals surface area contributed by atoms with Crippen molar-refractivity contribution in [1.29, 1.82) is 0 Å². The summed E-state index contributed by atoms with van der Waals surface area (Å²) in [4.78, 5) is 4.21.